The molecule has 1 aromatic carbocycles. The minimum atomic E-state index is -4.52. The molecule has 0 radical (unpaired) electrons. The van der Waals surface area contributed by atoms with Crippen LogP contribution in [0, 0.1) is 0 Å². The van der Waals surface area contributed by atoms with Gasteiger partial charge >= 0.3 is 6.18 Å². The van der Waals surface area contributed by atoms with E-state index in [0.717, 1.165) is 64.1 Å². The normalized spacial score (nSPS) is 17.4. The first-order valence-corrected chi connectivity index (χ1v) is 10.4. The zero-order valence-electron chi connectivity index (χ0n) is 16.7. The summed E-state index contributed by atoms with van der Waals surface area (Å²) in [5.41, 5.74) is -0.541. The number of hydrogen-bond donors (Lipinski definition) is 1. The van der Waals surface area contributed by atoms with Crippen molar-refractivity contribution in [3.8, 4) is 17.1 Å². The van der Waals surface area contributed by atoms with E-state index in [-0.39, 0.29) is 29.7 Å². The molecule has 1 fully saturated rings. The van der Waals surface area contributed by atoms with E-state index >= 15 is 0 Å². The topological polar surface area (TPSA) is 60.2 Å². The third kappa shape index (κ3) is 5.95. The van der Waals surface area contributed by atoms with Gasteiger partial charge in [0.15, 0.2) is 0 Å². The minimum Gasteiger partial charge on any atom is -0.493 e. The van der Waals surface area contributed by atoms with Gasteiger partial charge in [0, 0.05) is 12.1 Å². The first-order valence-electron chi connectivity index (χ1n) is 10.4. The van der Waals surface area contributed by atoms with Gasteiger partial charge in [-0.25, -0.2) is 0 Å². The van der Waals surface area contributed by atoms with Crippen LogP contribution in [0.5, 0.6) is 5.75 Å². The summed E-state index contributed by atoms with van der Waals surface area (Å²) >= 11 is 0. The minimum absolute atomic E-state index is 0.0994. The summed E-state index contributed by atoms with van der Waals surface area (Å²) in [6, 6.07) is 3.94. The van der Waals surface area contributed by atoms with Crippen molar-refractivity contribution in [2.24, 2.45) is 0 Å². The molecule has 1 aromatic heterocycles. The molecule has 29 heavy (non-hydrogen) atoms. The Bertz CT molecular complexity index is 771. The molecule has 0 amide bonds. The number of benzene rings is 1. The van der Waals surface area contributed by atoms with E-state index in [1.165, 1.54) is 6.07 Å². The van der Waals surface area contributed by atoms with Crippen molar-refractivity contribution < 1.29 is 22.4 Å². The van der Waals surface area contributed by atoms with Gasteiger partial charge < -0.3 is 14.6 Å². The average molecular weight is 411 g/mol. The third-order valence-corrected chi connectivity index (χ3v) is 5.14. The lowest BCUT2D eigenvalue weighted by molar-refractivity contribution is -0.138. The van der Waals surface area contributed by atoms with Crippen LogP contribution < -0.4 is 10.1 Å². The van der Waals surface area contributed by atoms with Crippen LogP contribution >= 0.6 is 0 Å². The number of hydrogen-bond acceptors (Lipinski definition) is 5. The molecule has 0 bridgehead atoms. The number of ether oxygens (including phenoxy) is 1. The number of alkyl halides is 3. The molecule has 1 saturated heterocycles. The summed E-state index contributed by atoms with van der Waals surface area (Å²) < 4.78 is 51.4. The Kier molecular flexibility index (Phi) is 7.52. The Morgan fingerprint density at radius 1 is 1.21 bits per heavy atom. The first-order chi connectivity index (χ1) is 14.0. The number of aromatic nitrogens is 2. The molecule has 3 rings (SSSR count). The van der Waals surface area contributed by atoms with E-state index in [9.17, 15) is 13.2 Å². The molecule has 160 valence electrons. The lowest BCUT2D eigenvalue weighted by Gasteiger charge is -2.18. The lowest BCUT2D eigenvalue weighted by atomic mass is 10.00. The largest absolute Gasteiger partial charge is 0.493 e. The van der Waals surface area contributed by atoms with Crippen molar-refractivity contribution in [2.75, 3.05) is 19.7 Å². The maximum Gasteiger partial charge on any atom is 0.419 e. The predicted molar refractivity (Wildman–Crippen MR) is 104 cm³/mol. The Hall–Kier alpha value is -2.09. The Balaban J connectivity index is 1.71. The molecule has 1 N–H and O–H groups in total. The van der Waals surface area contributed by atoms with Gasteiger partial charge in [0.1, 0.15) is 5.75 Å². The van der Waals surface area contributed by atoms with E-state index in [1.807, 2.05) is 0 Å². The summed E-state index contributed by atoms with van der Waals surface area (Å²) in [4.78, 5) is 4.34. The first kappa shape index (κ1) is 21.6. The highest BCUT2D eigenvalue weighted by molar-refractivity contribution is 5.59. The maximum atomic E-state index is 13.6. The van der Waals surface area contributed by atoms with Gasteiger partial charge in [-0.05, 0) is 44.0 Å². The highest BCUT2D eigenvalue weighted by Crippen LogP contribution is 2.38. The van der Waals surface area contributed by atoms with Gasteiger partial charge in [-0.15, -0.1) is 0 Å². The van der Waals surface area contributed by atoms with Gasteiger partial charge in [0.05, 0.1) is 18.1 Å². The molecule has 1 aliphatic rings. The lowest BCUT2D eigenvalue weighted by Crippen LogP contribution is -2.28. The van der Waals surface area contributed by atoms with Crippen LogP contribution in [-0.2, 0) is 6.18 Å². The number of halogens is 3. The zero-order valence-corrected chi connectivity index (χ0v) is 16.7. The zero-order chi connectivity index (χ0) is 20.7. The van der Waals surface area contributed by atoms with E-state index < -0.39 is 11.7 Å². The highest BCUT2D eigenvalue weighted by Gasteiger charge is 2.35. The maximum absolute atomic E-state index is 13.6. The molecule has 0 aliphatic carbocycles. The standard InChI is InChI=1S/C21H28F3N3O2/c1-2-3-4-5-6-12-28-18-10-9-15(13-17(18)21(22,23)24)19-26-20(29-27-19)16-8-7-11-25-14-16/h9-10,13,16,25H,2-8,11-12,14H2,1H3. The number of rotatable bonds is 9. The molecule has 2 heterocycles. The predicted octanol–water partition coefficient (Wildman–Crippen LogP) is 5.57. The van der Waals surface area contributed by atoms with Crippen molar-refractivity contribution in [3.63, 3.8) is 0 Å². The van der Waals surface area contributed by atoms with Crippen LogP contribution in [0.4, 0.5) is 13.2 Å². The monoisotopic (exact) mass is 411 g/mol. The van der Waals surface area contributed by atoms with Crippen LogP contribution in [0.2, 0.25) is 0 Å². The molecule has 0 spiro atoms. The molecular weight excluding hydrogens is 383 g/mol. The van der Waals surface area contributed by atoms with E-state index in [1.54, 1.807) is 6.07 Å². The van der Waals surface area contributed by atoms with Gasteiger partial charge in [0.2, 0.25) is 11.7 Å². The molecule has 1 atom stereocenters. The second kappa shape index (κ2) is 10.1. The summed E-state index contributed by atoms with van der Waals surface area (Å²) in [7, 11) is 0. The van der Waals surface area contributed by atoms with Gasteiger partial charge in [-0.2, -0.15) is 18.2 Å². The van der Waals surface area contributed by atoms with Gasteiger partial charge in [-0.3, -0.25) is 0 Å². The van der Waals surface area contributed by atoms with Crippen molar-refractivity contribution in [3.05, 3.63) is 29.7 Å². The Morgan fingerprint density at radius 2 is 2.03 bits per heavy atom. The van der Waals surface area contributed by atoms with Crippen LogP contribution in [-0.4, -0.2) is 29.8 Å². The van der Waals surface area contributed by atoms with Crippen LogP contribution in [0.15, 0.2) is 22.7 Å². The molecule has 1 aliphatic heterocycles. The fourth-order valence-electron chi connectivity index (χ4n) is 3.49. The SMILES string of the molecule is CCCCCCCOc1ccc(-c2noc(C3CCCNC3)n2)cc1C(F)(F)F. The number of nitrogens with zero attached hydrogens (tertiary/aromatic N) is 2. The molecule has 8 heteroatoms. The Labute approximate surface area is 169 Å². The Morgan fingerprint density at radius 3 is 2.76 bits per heavy atom. The highest BCUT2D eigenvalue weighted by atomic mass is 19.4. The van der Waals surface area contributed by atoms with Crippen LogP contribution in [0.25, 0.3) is 11.4 Å². The van der Waals surface area contributed by atoms with E-state index in [4.69, 9.17) is 9.26 Å². The number of piperidine rings is 1. The smallest absolute Gasteiger partial charge is 0.419 e. The molecular formula is C21H28F3N3O2. The summed E-state index contributed by atoms with van der Waals surface area (Å²) in [6.07, 6.45) is 2.42. The molecule has 1 unspecified atom stereocenters. The summed E-state index contributed by atoms with van der Waals surface area (Å²) in [5, 5.41) is 7.16. The van der Waals surface area contributed by atoms with Crippen LogP contribution in [0.1, 0.15) is 69.2 Å². The third-order valence-electron chi connectivity index (χ3n) is 5.14. The van der Waals surface area contributed by atoms with Crippen molar-refractivity contribution in [2.45, 2.75) is 64.0 Å². The fourth-order valence-corrected chi connectivity index (χ4v) is 3.49. The van der Waals surface area contributed by atoms with E-state index in [0.29, 0.717) is 5.89 Å². The van der Waals surface area contributed by atoms with Gasteiger partial charge in [0.25, 0.3) is 0 Å². The number of nitrogens with one attached hydrogen (secondary N) is 1. The average Bonchev–Trinajstić information content (AvgIpc) is 3.21. The van der Waals surface area contributed by atoms with Crippen molar-refractivity contribution in [1.29, 1.82) is 0 Å². The summed E-state index contributed by atoms with van der Waals surface area (Å²) in [6.45, 7) is 4.08. The van der Waals surface area contributed by atoms with Crippen molar-refractivity contribution >= 4 is 0 Å². The van der Waals surface area contributed by atoms with E-state index in [2.05, 4.69) is 22.4 Å². The number of unbranched alkanes of at least 4 members (excludes halogenated alkanes) is 4. The second-order valence-corrected chi connectivity index (χ2v) is 7.47. The summed E-state index contributed by atoms with van der Waals surface area (Å²) in [5.74, 6) is 0.578. The fraction of sp³-hybridized carbons (Fsp3) is 0.619. The quantitative estimate of drug-likeness (QED) is 0.547. The second-order valence-electron chi connectivity index (χ2n) is 7.47. The van der Waals surface area contributed by atoms with Gasteiger partial charge in [-0.1, -0.05) is 37.8 Å². The van der Waals surface area contributed by atoms with Crippen molar-refractivity contribution in [1.82, 2.24) is 15.5 Å². The molecule has 0 saturated carbocycles. The van der Waals surface area contributed by atoms with Crippen LogP contribution in [0.3, 0.4) is 0 Å². The molecule has 5 nitrogen and oxygen atoms in total. The molecule has 2 aromatic rings.